The lowest BCUT2D eigenvalue weighted by Crippen LogP contribution is -2.14. The molecule has 0 atom stereocenters. The Morgan fingerprint density at radius 1 is 1.15 bits per heavy atom. The number of nitrogens with one attached hydrogen (secondary N) is 1. The summed E-state index contributed by atoms with van der Waals surface area (Å²) in [5.41, 5.74) is 5.64. The molecule has 0 saturated heterocycles. The van der Waals surface area contributed by atoms with Gasteiger partial charge in [0, 0.05) is 35.4 Å². The summed E-state index contributed by atoms with van der Waals surface area (Å²) in [6.45, 7) is 5.93. The molecule has 1 amide bonds. The van der Waals surface area contributed by atoms with Crippen LogP contribution in [0.15, 0.2) is 41.7 Å². The van der Waals surface area contributed by atoms with Crippen molar-refractivity contribution in [3.05, 3.63) is 59.2 Å². The van der Waals surface area contributed by atoms with Gasteiger partial charge in [-0.3, -0.25) is 4.79 Å². The van der Waals surface area contributed by atoms with E-state index in [0.29, 0.717) is 12.8 Å². The van der Waals surface area contributed by atoms with Crippen molar-refractivity contribution in [3.63, 3.8) is 0 Å². The second-order valence-electron chi connectivity index (χ2n) is 6.34. The summed E-state index contributed by atoms with van der Waals surface area (Å²) < 4.78 is 1.84. The number of carbonyl (C=O) groups excluding carboxylic acids is 1. The Balaban J connectivity index is 1.66. The molecule has 1 aromatic carbocycles. The number of anilines is 1. The Bertz CT molecular complexity index is 944. The number of hydrogen-bond donors (Lipinski definition) is 1. The molecule has 2 heterocycles. The molecule has 3 rings (SSSR count). The molecule has 0 aliphatic heterocycles. The largest absolute Gasteiger partial charge is 0.326 e. The van der Waals surface area contributed by atoms with Crippen LogP contribution in [-0.4, -0.2) is 31.9 Å². The third-order valence-corrected chi connectivity index (χ3v) is 4.94. The van der Waals surface area contributed by atoms with Crippen molar-refractivity contribution >= 4 is 23.4 Å². The number of aromatic nitrogens is 4. The van der Waals surface area contributed by atoms with Crippen LogP contribution in [0.2, 0.25) is 0 Å². The van der Waals surface area contributed by atoms with E-state index in [9.17, 15) is 4.79 Å². The Hall–Kier alpha value is -2.67. The smallest absolute Gasteiger partial charge is 0.224 e. The molecule has 0 saturated carbocycles. The van der Waals surface area contributed by atoms with Gasteiger partial charge in [-0.05, 0) is 63.3 Å². The van der Waals surface area contributed by atoms with Gasteiger partial charge in [-0.2, -0.15) is 5.10 Å². The number of thioether (sulfide) groups is 1. The highest BCUT2D eigenvalue weighted by molar-refractivity contribution is 7.98. The van der Waals surface area contributed by atoms with Gasteiger partial charge in [0.1, 0.15) is 0 Å². The van der Waals surface area contributed by atoms with E-state index in [1.54, 1.807) is 6.20 Å². The topological polar surface area (TPSA) is 72.7 Å². The SMILES string of the molecule is CSc1nc(C)c(CCC(=O)Nc2cccc(-n3nccc3C)c2)c(C)n1. The number of benzene rings is 1. The summed E-state index contributed by atoms with van der Waals surface area (Å²) >= 11 is 1.52. The van der Waals surface area contributed by atoms with Crippen molar-refractivity contribution in [1.82, 2.24) is 19.7 Å². The van der Waals surface area contributed by atoms with Crippen molar-refractivity contribution in [2.75, 3.05) is 11.6 Å². The highest BCUT2D eigenvalue weighted by Gasteiger charge is 2.11. The first-order valence-corrected chi connectivity index (χ1v) is 9.99. The Morgan fingerprint density at radius 2 is 1.89 bits per heavy atom. The molecule has 0 aliphatic carbocycles. The molecule has 2 aromatic heterocycles. The van der Waals surface area contributed by atoms with Crippen LogP contribution in [0.1, 0.15) is 29.1 Å². The normalized spacial score (nSPS) is 10.8. The fraction of sp³-hybridized carbons (Fsp3) is 0.300. The van der Waals surface area contributed by atoms with Gasteiger partial charge in [-0.25, -0.2) is 14.6 Å². The fourth-order valence-corrected chi connectivity index (χ4v) is 3.44. The zero-order chi connectivity index (χ0) is 19.4. The number of amides is 1. The van der Waals surface area contributed by atoms with E-state index in [1.165, 1.54) is 11.8 Å². The molecule has 140 valence electrons. The Labute approximate surface area is 163 Å². The molecule has 0 radical (unpaired) electrons. The maximum absolute atomic E-state index is 12.4. The van der Waals surface area contributed by atoms with Gasteiger partial charge in [-0.15, -0.1) is 0 Å². The predicted molar refractivity (Wildman–Crippen MR) is 109 cm³/mol. The minimum atomic E-state index is -0.0305. The average Bonchev–Trinajstić information content (AvgIpc) is 3.07. The van der Waals surface area contributed by atoms with Crippen molar-refractivity contribution in [2.24, 2.45) is 0 Å². The van der Waals surface area contributed by atoms with E-state index < -0.39 is 0 Å². The number of nitrogens with zero attached hydrogens (tertiary/aromatic N) is 4. The molecule has 7 heteroatoms. The van der Waals surface area contributed by atoms with Gasteiger partial charge in [0.25, 0.3) is 0 Å². The van der Waals surface area contributed by atoms with Crippen LogP contribution >= 0.6 is 11.8 Å². The van der Waals surface area contributed by atoms with Crippen LogP contribution < -0.4 is 5.32 Å². The minimum Gasteiger partial charge on any atom is -0.326 e. The second kappa shape index (κ2) is 8.35. The molecule has 0 spiro atoms. The molecular formula is C20H23N5OS. The van der Waals surface area contributed by atoms with Gasteiger partial charge < -0.3 is 5.32 Å². The highest BCUT2D eigenvalue weighted by atomic mass is 32.2. The van der Waals surface area contributed by atoms with Crippen LogP contribution in [0.5, 0.6) is 0 Å². The molecule has 0 aliphatic rings. The minimum absolute atomic E-state index is 0.0305. The maximum atomic E-state index is 12.4. The number of aryl methyl sites for hydroxylation is 3. The predicted octanol–water partition coefficient (Wildman–Crippen LogP) is 3.88. The summed E-state index contributed by atoms with van der Waals surface area (Å²) in [4.78, 5) is 21.4. The monoisotopic (exact) mass is 381 g/mol. The summed E-state index contributed by atoms with van der Waals surface area (Å²) in [5, 5.41) is 8.04. The van der Waals surface area contributed by atoms with Crippen molar-refractivity contribution in [3.8, 4) is 5.69 Å². The maximum Gasteiger partial charge on any atom is 0.224 e. The standard InChI is InChI=1S/C20H23N5OS/c1-13-10-11-21-25(13)17-7-5-6-16(12-17)24-19(26)9-8-18-14(2)22-20(27-4)23-15(18)3/h5-7,10-12H,8-9H2,1-4H3,(H,24,26). The van der Waals surface area contributed by atoms with Gasteiger partial charge in [0.05, 0.1) is 5.69 Å². The van der Waals surface area contributed by atoms with E-state index >= 15 is 0 Å². The Kier molecular flexibility index (Phi) is 5.91. The van der Waals surface area contributed by atoms with E-state index in [0.717, 1.165) is 39.2 Å². The summed E-state index contributed by atoms with van der Waals surface area (Å²) in [6, 6.07) is 9.63. The number of rotatable bonds is 6. The summed E-state index contributed by atoms with van der Waals surface area (Å²) in [6.07, 6.45) is 4.72. The Morgan fingerprint density at radius 3 is 2.52 bits per heavy atom. The lowest BCUT2D eigenvalue weighted by atomic mass is 10.1. The van der Waals surface area contributed by atoms with E-state index in [2.05, 4.69) is 20.4 Å². The first kappa shape index (κ1) is 19.1. The molecule has 0 bridgehead atoms. The average molecular weight is 382 g/mol. The van der Waals surface area contributed by atoms with E-state index in [1.807, 2.05) is 62.0 Å². The lowest BCUT2D eigenvalue weighted by Gasteiger charge is -2.11. The zero-order valence-corrected chi connectivity index (χ0v) is 16.8. The first-order valence-electron chi connectivity index (χ1n) is 8.77. The van der Waals surface area contributed by atoms with E-state index in [4.69, 9.17) is 0 Å². The molecule has 0 fully saturated rings. The molecule has 3 aromatic rings. The van der Waals surface area contributed by atoms with Gasteiger partial charge >= 0.3 is 0 Å². The van der Waals surface area contributed by atoms with Gasteiger partial charge in [0.2, 0.25) is 5.91 Å². The second-order valence-corrected chi connectivity index (χ2v) is 7.12. The zero-order valence-electron chi connectivity index (χ0n) is 16.0. The quantitative estimate of drug-likeness (QED) is 0.518. The fourth-order valence-electron chi connectivity index (χ4n) is 2.98. The van der Waals surface area contributed by atoms with Gasteiger partial charge in [0.15, 0.2) is 5.16 Å². The van der Waals surface area contributed by atoms with Crippen LogP contribution in [0.25, 0.3) is 5.69 Å². The first-order chi connectivity index (χ1) is 13.0. The molecule has 27 heavy (non-hydrogen) atoms. The van der Waals surface area contributed by atoms with Crippen LogP contribution in [-0.2, 0) is 11.2 Å². The summed E-state index contributed by atoms with van der Waals surface area (Å²) in [7, 11) is 0. The van der Waals surface area contributed by atoms with E-state index in [-0.39, 0.29) is 5.91 Å². The highest BCUT2D eigenvalue weighted by Crippen LogP contribution is 2.19. The van der Waals surface area contributed by atoms with Crippen LogP contribution in [0.3, 0.4) is 0 Å². The third kappa shape index (κ3) is 4.54. The molecule has 1 N–H and O–H groups in total. The number of hydrogen-bond acceptors (Lipinski definition) is 5. The number of carbonyl (C=O) groups is 1. The van der Waals surface area contributed by atoms with Crippen molar-refractivity contribution in [2.45, 2.75) is 38.8 Å². The van der Waals surface area contributed by atoms with Crippen molar-refractivity contribution < 1.29 is 4.79 Å². The third-order valence-electron chi connectivity index (χ3n) is 4.39. The van der Waals surface area contributed by atoms with Crippen LogP contribution in [0, 0.1) is 20.8 Å². The van der Waals surface area contributed by atoms with Gasteiger partial charge in [-0.1, -0.05) is 17.8 Å². The van der Waals surface area contributed by atoms with Crippen molar-refractivity contribution in [1.29, 1.82) is 0 Å². The molecule has 0 unspecified atom stereocenters. The lowest BCUT2D eigenvalue weighted by molar-refractivity contribution is -0.116. The molecule has 6 nitrogen and oxygen atoms in total. The summed E-state index contributed by atoms with van der Waals surface area (Å²) in [5.74, 6) is -0.0305. The van der Waals surface area contributed by atoms with Crippen LogP contribution in [0.4, 0.5) is 5.69 Å². The molecular weight excluding hydrogens is 358 g/mol.